The van der Waals surface area contributed by atoms with Gasteiger partial charge in [-0.3, -0.25) is 0 Å². The Hall–Kier alpha value is -1.10. The zero-order valence-corrected chi connectivity index (χ0v) is 10.7. The number of hydrogen-bond acceptors (Lipinski definition) is 1. The van der Waals surface area contributed by atoms with Gasteiger partial charge >= 0.3 is 6.18 Å². The Morgan fingerprint density at radius 1 is 1.32 bits per heavy atom. The number of rotatable bonds is 2. The molecular weight excluding hydrogens is 258 g/mol. The molecule has 2 atom stereocenters. The summed E-state index contributed by atoms with van der Waals surface area (Å²) in [6, 6.07) is 4.24. The van der Waals surface area contributed by atoms with Crippen molar-refractivity contribution in [3.63, 3.8) is 0 Å². The summed E-state index contributed by atoms with van der Waals surface area (Å²) < 4.78 is 51.1. The van der Waals surface area contributed by atoms with Crippen LogP contribution in [0.4, 0.5) is 17.6 Å². The van der Waals surface area contributed by atoms with E-state index in [-0.39, 0.29) is 24.7 Å². The van der Waals surface area contributed by atoms with Crippen molar-refractivity contribution < 1.29 is 17.6 Å². The number of aryl methyl sites for hydroxylation is 1. The molecule has 1 aromatic rings. The molecule has 1 saturated heterocycles. The van der Waals surface area contributed by atoms with Gasteiger partial charge in [0.05, 0.1) is 5.92 Å². The summed E-state index contributed by atoms with van der Waals surface area (Å²) in [4.78, 5) is 0. The first-order valence-electron chi connectivity index (χ1n) is 6.41. The van der Waals surface area contributed by atoms with Crippen molar-refractivity contribution in [3.8, 4) is 0 Å². The molecule has 2 unspecified atom stereocenters. The quantitative estimate of drug-likeness (QED) is 0.813. The first kappa shape index (κ1) is 14.3. The van der Waals surface area contributed by atoms with E-state index >= 15 is 0 Å². The Morgan fingerprint density at radius 2 is 2.05 bits per heavy atom. The lowest BCUT2D eigenvalue weighted by Crippen LogP contribution is -2.43. The van der Waals surface area contributed by atoms with Crippen molar-refractivity contribution in [2.75, 3.05) is 6.54 Å². The van der Waals surface area contributed by atoms with Gasteiger partial charge in [0.15, 0.2) is 0 Å². The Labute approximate surface area is 110 Å². The molecule has 0 spiro atoms. The number of halogens is 4. The van der Waals surface area contributed by atoms with Crippen molar-refractivity contribution in [1.82, 2.24) is 5.32 Å². The third kappa shape index (κ3) is 3.69. The third-order valence-electron chi connectivity index (χ3n) is 3.73. The van der Waals surface area contributed by atoms with E-state index < -0.39 is 12.1 Å². The highest BCUT2D eigenvalue weighted by Crippen LogP contribution is 2.34. The average Bonchev–Trinajstić information content (AvgIpc) is 2.32. The fraction of sp³-hybridized carbons (Fsp3) is 0.571. The summed E-state index contributed by atoms with van der Waals surface area (Å²) in [6.45, 7) is 2.16. The van der Waals surface area contributed by atoms with Crippen molar-refractivity contribution in [2.24, 2.45) is 5.92 Å². The molecule has 106 valence electrons. The summed E-state index contributed by atoms with van der Waals surface area (Å²) in [5, 5.41) is 3.12. The minimum Gasteiger partial charge on any atom is -0.314 e. The van der Waals surface area contributed by atoms with Gasteiger partial charge in [-0.15, -0.1) is 0 Å². The second-order valence-corrected chi connectivity index (χ2v) is 5.19. The predicted molar refractivity (Wildman–Crippen MR) is 65.4 cm³/mol. The number of benzene rings is 1. The largest absolute Gasteiger partial charge is 0.391 e. The maximum Gasteiger partial charge on any atom is 0.391 e. The molecule has 0 aliphatic carbocycles. The lowest BCUT2D eigenvalue weighted by atomic mass is 9.88. The highest BCUT2D eigenvalue weighted by Gasteiger charge is 2.42. The smallest absolute Gasteiger partial charge is 0.314 e. The third-order valence-corrected chi connectivity index (χ3v) is 3.73. The van der Waals surface area contributed by atoms with Gasteiger partial charge in [-0.25, -0.2) is 4.39 Å². The van der Waals surface area contributed by atoms with E-state index in [2.05, 4.69) is 5.32 Å². The SMILES string of the molecule is Cc1cc(F)ccc1CC1CC(C(F)(F)F)CCN1. The highest BCUT2D eigenvalue weighted by atomic mass is 19.4. The van der Waals surface area contributed by atoms with Gasteiger partial charge in [-0.1, -0.05) is 6.07 Å². The van der Waals surface area contributed by atoms with Crippen LogP contribution in [0.1, 0.15) is 24.0 Å². The van der Waals surface area contributed by atoms with E-state index in [0.717, 1.165) is 11.1 Å². The lowest BCUT2D eigenvalue weighted by Gasteiger charge is -2.32. The van der Waals surface area contributed by atoms with Gasteiger partial charge in [-0.05, 0) is 56.0 Å². The van der Waals surface area contributed by atoms with Crippen LogP contribution in [0.5, 0.6) is 0 Å². The fourth-order valence-electron chi connectivity index (χ4n) is 2.61. The minimum absolute atomic E-state index is 0.0975. The second kappa shape index (κ2) is 5.49. The summed E-state index contributed by atoms with van der Waals surface area (Å²) in [6.07, 6.45) is -3.36. The molecule has 5 heteroatoms. The minimum atomic E-state index is -4.11. The second-order valence-electron chi connectivity index (χ2n) is 5.19. The zero-order chi connectivity index (χ0) is 14.0. The molecule has 0 amide bonds. The van der Waals surface area contributed by atoms with Crippen LogP contribution < -0.4 is 5.32 Å². The van der Waals surface area contributed by atoms with E-state index in [0.29, 0.717) is 13.0 Å². The van der Waals surface area contributed by atoms with E-state index in [1.165, 1.54) is 12.1 Å². The Balaban J connectivity index is 2.03. The summed E-state index contributed by atoms with van der Waals surface area (Å²) in [5.74, 6) is -1.54. The molecule has 0 aromatic heterocycles. The maximum absolute atomic E-state index is 13.0. The molecule has 0 bridgehead atoms. The van der Waals surface area contributed by atoms with Crippen LogP contribution in [0, 0.1) is 18.7 Å². The average molecular weight is 275 g/mol. The molecule has 1 aliphatic rings. The van der Waals surface area contributed by atoms with E-state index in [1.54, 1.807) is 13.0 Å². The van der Waals surface area contributed by atoms with Gasteiger partial charge in [0.25, 0.3) is 0 Å². The van der Waals surface area contributed by atoms with E-state index in [1.807, 2.05) is 0 Å². The first-order valence-corrected chi connectivity index (χ1v) is 6.41. The van der Waals surface area contributed by atoms with Crippen LogP contribution in [-0.4, -0.2) is 18.8 Å². The zero-order valence-electron chi connectivity index (χ0n) is 10.7. The van der Waals surface area contributed by atoms with E-state index in [9.17, 15) is 17.6 Å². The Morgan fingerprint density at radius 3 is 2.68 bits per heavy atom. The lowest BCUT2D eigenvalue weighted by molar-refractivity contribution is -0.183. The fourth-order valence-corrected chi connectivity index (χ4v) is 2.61. The van der Waals surface area contributed by atoms with Crippen LogP contribution in [0.25, 0.3) is 0 Å². The van der Waals surface area contributed by atoms with Gasteiger partial charge < -0.3 is 5.32 Å². The molecule has 1 aliphatic heterocycles. The van der Waals surface area contributed by atoms with Gasteiger partial charge in [0, 0.05) is 6.04 Å². The van der Waals surface area contributed by atoms with Crippen molar-refractivity contribution in [3.05, 3.63) is 35.1 Å². The number of piperidine rings is 1. The number of alkyl halides is 3. The molecule has 0 saturated carbocycles. The van der Waals surface area contributed by atoms with Crippen molar-refractivity contribution >= 4 is 0 Å². The highest BCUT2D eigenvalue weighted by molar-refractivity contribution is 5.27. The molecule has 1 N–H and O–H groups in total. The molecule has 1 nitrogen and oxygen atoms in total. The van der Waals surface area contributed by atoms with Gasteiger partial charge in [-0.2, -0.15) is 13.2 Å². The Kier molecular flexibility index (Phi) is 4.13. The van der Waals surface area contributed by atoms with Crippen LogP contribution in [-0.2, 0) is 6.42 Å². The first-order chi connectivity index (χ1) is 8.86. The molecule has 19 heavy (non-hydrogen) atoms. The van der Waals surface area contributed by atoms with Gasteiger partial charge in [0.1, 0.15) is 5.82 Å². The molecule has 1 fully saturated rings. The van der Waals surface area contributed by atoms with Crippen molar-refractivity contribution in [2.45, 2.75) is 38.4 Å². The Bertz CT molecular complexity index is 442. The molecule has 2 rings (SSSR count). The topological polar surface area (TPSA) is 12.0 Å². The number of nitrogens with one attached hydrogen (secondary N) is 1. The molecule has 0 radical (unpaired) electrons. The molecule has 1 aromatic carbocycles. The normalized spacial score (nSPS) is 24.5. The maximum atomic E-state index is 13.0. The molecule has 1 heterocycles. The number of hydrogen-bond donors (Lipinski definition) is 1. The van der Waals surface area contributed by atoms with Gasteiger partial charge in [0.2, 0.25) is 0 Å². The van der Waals surface area contributed by atoms with Crippen LogP contribution in [0.3, 0.4) is 0 Å². The van der Waals surface area contributed by atoms with Crippen LogP contribution in [0.15, 0.2) is 18.2 Å². The molecular formula is C14H17F4N. The van der Waals surface area contributed by atoms with E-state index in [4.69, 9.17) is 0 Å². The summed E-state index contributed by atoms with van der Waals surface area (Å²) in [5.41, 5.74) is 1.69. The van der Waals surface area contributed by atoms with Crippen LogP contribution in [0.2, 0.25) is 0 Å². The summed E-state index contributed by atoms with van der Waals surface area (Å²) >= 11 is 0. The van der Waals surface area contributed by atoms with Crippen molar-refractivity contribution in [1.29, 1.82) is 0 Å². The van der Waals surface area contributed by atoms with Crippen LogP contribution >= 0.6 is 0 Å². The standard InChI is InChI=1S/C14H17F4N/c1-9-6-12(15)3-2-10(9)7-13-8-11(4-5-19-13)14(16,17)18/h2-3,6,11,13,19H,4-5,7-8H2,1H3. The predicted octanol–water partition coefficient (Wildman–Crippen LogP) is 3.61. The monoisotopic (exact) mass is 275 g/mol. The summed E-state index contributed by atoms with van der Waals surface area (Å²) in [7, 11) is 0.